The van der Waals surface area contributed by atoms with Crippen LogP contribution in [0.4, 0.5) is 5.69 Å². The molecule has 110 valence electrons. The zero-order valence-electron chi connectivity index (χ0n) is 12.4. The Kier molecular flexibility index (Phi) is 4.93. The zero-order chi connectivity index (χ0) is 15.2. The maximum absolute atomic E-state index is 12.2. The van der Waals surface area contributed by atoms with Gasteiger partial charge in [-0.25, -0.2) is 0 Å². The molecule has 2 rings (SSSR count). The average molecular weight is 284 g/mol. The third-order valence-corrected chi connectivity index (χ3v) is 3.03. The number of nitrogens with two attached hydrogens (primary N) is 1. The number of ketones is 1. The van der Waals surface area contributed by atoms with E-state index in [1.165, 1.54) is 0 Å². The molecule has 4 heteroatoms. The van der Waals surface area contributed by atoms with Gasteiger partial charge in [-0.2, -0.15) is 0 Å². The zero-order valence-corrected chi connectivity index (χ0v) is 12.4. The van der Waals surface area contributed by atoms with E-state index in [2.05, 4.69) is 4.98 Å². The monoisotopic (exact) mass is 284 g/mol. The number of nitrogens with zero attached hydrogens (tertiary/aromatic N) is 1. The first kappa shape index (κ1) is 15.0. The van der Waals surface area contributed by atoms with Crippen molar-refractivity contribution < 1.29 is 9.53 Å². The Bertz CT molecular complexity index is 606. The molecule has 0 radical (unpaired) electrons. The van der Waals surface area contributed by atoms with Gasteiger partial charge in [0.2, 0.25) is 0 Å². The number of pyridine rings is 1. The largest absolute Gasteiger partial charge is 0.489 e. The minimum Gasteiger partial charge on any atom is -0.489 e. The van der Waals surface area contributed by atoms with Crippen molar-refractivity contribution in [1.82, 2.24) is 4.98 Å². The molecule has 0 aliphatic heterocycles. The molecule has 21 heavy (non-hydrogen) atoms. The molecule has 0 aliphatic rings. The van der Waals surface area contributed by atoms with Crippen molar-refractivity contribution in [3.05, 3.63) is 53.9 Å². The molecule has 4 nitrogen and oxygen atoms in total. The van der Waals surface area contributed by atoms with Crippen LogP contribution in [0.1, 0.15) is 36.2 Å². The van der Waals surface area contributed by atoms with E-state index >= 15 is 0 Å². The highest BCUT2D eigenvalue weighted by Gasteiger charge is 2.09. The number of Topliss-reactive ketones (excluding diaryl/α,β-unsaturated/α-hetero) is 1. The topological polar surface area (TPSA) is 65.2 Å². The van der Waals surface area contributed by atoms with Crippen molar-refractivity contribution in [3.63, 3.8) is 0 Å². The van der Waals surface area contributed by atoms with Crippen molar-refractivity contribution in [2.75, 3.05) is 5.73 Å². The molecule has 0 atom stereocenters. The average Bonchev–Trinajstić information content (AvgIpc) is 2.46. The van der Waals surface area contributed by atoms with Gasteiger partial charge in [-0.05, 0) is 44.0 Å². The number of hydrogen-bond acceptors (Lipinski definition) is 4. The lowest BCUT2D eigenvalue weighted by Gasteiger charge is -2.10. The number of aryl methyl sites for hydroxylation is 1. The molecule has 0 bridgehead atoms. The summed E-state index contributed by atoms with van der Waals surface area (Å²) < 4.78 is 5.55. The van der Waals surface area contributed by atoms with Crippen LogP contribution in [0, 0.1) is 0 Å². The lowest BCUT2D eigenvalue weighted by Crippen LogP contribution is -2.07. The first-order chi connectivity index (χ1) is 10.0. The lowest BCUT2D eigenvalue weighted by atomic mass is 10.0. The molecule has 0 spiro atoms. The maximum atomic E-state index is 12.2. The number of aromatic nitrogens is 1. The van der Waals surface area contributed by atoms with Gasteiger partial charge in [0.05, 0.1) is 12.3 Å². The summed E-state index contributed by atoms with van der Waals surface area (Å²) in [4.78, 5) is 16.3. The number of carbonyl (C=O) groups excluding carboxylic acids is 1. The maximum Gasteiger partial charge on any atom is 0.164 e. The molecule has 0 aliphatic carbocycles. The fraction of sp³-hybridized carbons (Fsp3) is 0.294. The van der Waals surface area contributed by atoms with Crippen LogP contribution >= 0.6 is 0 Å². The number of hydrogen-bond donors (Lipinski definition) is 1. The van der Waals surface area contributed by atoms with Gasteiger partial charge in [-0.3, -0.25) is 9.78 Å². The quantitative estimate of drug-likeness (QED) is 0.653. The van der Waals surface area contributed by atoms with Crippen LogP contribution in [0.5, 0.6) is 5.75 Å². The highest BCUT2D eigenvalue weighted by molar-refractivity contribution is 5.96. The second kappa shape index (κ2) is 6.88. The van der Waals surface area contributed by atoms with Gasteiger partial charge in [0.25, 0.3) is 0 Å². The highest BCUT2D eigenvalue weighted by Crippen LogP contribution is 2.16. The van der Waals surface area contributed by atoms with Crippen LogP contribution in [0.25, 0.3) is 0 Å². The fourth-order valence-electron chi connectivity index (χ4n) is 1.99. The van der Waals surface area contributed by atoms with E-state index in [4.69, 9.17) is 10.5 Å². The van der Waals surface area contributed by atoms with E-state index in [9.17, 15) is 4.79 Å². The molecule has 0 fully saturated rings. The second-order valence-corrected chi connectivity index (χ2v) is 5.24. The van der Waals surface area contributed by atoms with Crippen molar-refractivity contribution in [2.24, 2.45) is 0 Å². The molecule has 0 unspecified atom stereocenters. The van der Waals surface area contributed by atoms with E-state index in [0.29, 0.717) is 24.2 Å². The van der Waals surface area contributed by atoms with Crippen LogP contribution in [0.2, 0.25) is 0 Å². The molecule has 1 aromatic carbocycles. The summed E-state index contributed by atoms with van der Waals surface area (Å²) in [5, 5.41) is 0. The van der Waals surface area contributed by atoms with Crippen molar-refractivity contribution in [2.45, 2.75) is 32.8 Å². The number of rotatable bonds is 6. The Labute approximate surface area is 125 Å². The Morgan fingerprint density at radius 2 is 1.95 bits per heavy atom. The van der Waals surface area contributed by atoms with E-state index in [1.54, 1.807) is 18.5 Å². The van der Waals surface area contributed by atoms with Gasteiger partial charge in [-0.15, -0.1) is 0 Å². The van der Waals surface area contributed by atoms with Crippen molar-refractivity contribution in [3.8, 4) is 5.75 Å². The molecule has 0 amide bonds. The van der Waals surface area contributed by atoms with E-state index in [0.717, 1.165) is 11.3 Å². The predicted octanol–water partition coefficient (Wildman–Crippen LogP) is 3.27. The van der Waals surface area contributed by atoms with Gasteiger partial charge in [0, 0.05) is 23.9 Å². The van der Waals surface area contributed by atoms with Gasteiger partial charge >= 0.3 is 0 Å². The third-order valence-electron chi connectivity index (χ3n) is 3.03. The summed E-state index contributed by atoms with van der Waals surface area (Å²) in [6, 6.07) is 9.33. The SMILES string of the molecule is CC(C)Oc1cncc(C(=O)CCc2ccc(N)cc2)c1. The molecule has 2 aromatic rings. The standard InChI is InChI=1S/C17H20N2O2/c1-12(2)21-16-9-14(10-19-11-16)17(20)8-5-13-3-6-15(18)7-4-13/h3-4,6-7,9-12H,5,8,18H2,1-2H3. The molecule has 0 saturated carbocycles. The molecule has 0 saturated heterocycles. The molecule has 1 aromatic heterocycles. The Morgan fingerprint density at radius 3 is 2.62 bits per heavy atom. The number of carbonyl (C=O) groups is 1. The summed E-state index contributed by atoms with van der Waals surface area (Å²) in [6.45, 7) is 3.88. The summed E-state index contributed by atoms with van der Waals surface area (Å²) >= 11 is 0. The molecular formula is C17H20N2O2. The van der Waals surface area contributed by atoms with Crippen LogP contribution in [0.15, 0.2) is 42.7 Å². The van der Waals surface area contributed by atoms with Crippen molar-refractivity contribution >= 4 is 11.5 Å². The van der Waals surface area contributed by atoms with Crippen LogP contribution in [0.3, 0.4) is 0 Å². The Hall–Kier alpha value is -2.36. The Morgan fingerprint density at radius 1 is 1.24 bits per heavy atom. The van der Waals surface area contributed by atoms with E-state index in [-0.39, 0.29) is 11.9 Å². The molecule has 2 N–H and O–H groups in total. The number of benzene rings is 1. The second-order valence-electron chi connectivity index (χ2n) is 5.24. The predicted molar refractivity (Wildman–Crippen MR) is 83.5 cm³/mol. The van der Waals surface area contributed by atoms with Crippen LogP contribution < -0.4 is 10.5 Å². The van der Waals surface area contributed by atoms with Crippen molar-refractivity contribution in [1.29, 1.82) is 0 Å². The summed E-state index contributed by atoms with van der Waals surface area (Å²) in [5.74, 6) is 0.692. The molecule has 1 heterocycles. The normalized spacial score (nSPS) is 10.6. The first-order valence-electron chi connectivity index (χ1n) is 7.04. The molecular weight excluding hydrogens is 264 g/mol. The first-order valence-corrected chi connectivity index (χ1v) is 7.04. The van der Waals surface area contributed by atoms with Crippen LogP contribution in [-0.2, 0) is 6.42 Å². The summed E-state index contributed by atoms with van der Waals surface area (Å²) in [6.07, 6.45) is 4.40. The fourth-order valence-corrected chi connectivity index (χ4v) is 1.99. The van der Waals surface area contributed by atoms with E-state index in [1.807, 2.05) is 38.1 Å². The Balaban J connectivity index is 1.98. The number of anilines is 1. The van der Waals surface area contributed by atoms with Crippen LogP contribution in [-0.4, -0.2) is 16.9 Å². The lowest BCUT2D eigenvalue weighted by molar-refractivity contribution is 0.0981. The number of ether oxygens (including phenoxy) is 1. The number of nitrogen functional groups attached to an aromatic ring is 1. The minimum absolute atomic E-state index is 0.0620. The summed E-state index contributed by atoms with van der Waals surface area (Å²) in [5.41, 5.74) is 8.05. The minimum atomic E-state index is 0.0620. The summed E-state index contributed by atoms with van der Waals surface area (Å²) in [7, 11) is 0. The van der Waals surface area contributed by atoms with Gasteiger partial charge in [-0.1, -0.05) is 12.1 Å². The smallest absolute Gasteiger partial charge is 0.164 e. The van der Waals surface area contributed by atoms with Gasteiger partial charge < -0.3 is 10.5 Å². The third kappa shape index (κ3) is 4.60. The van der Waals surface area contributed by atoms with E-state index < -0.39 is 0 Å². The highest BCUT2D eigenvalue weighted by atomic mass is 16.5. The van der Waals surface area contributed by atoms with Gasteiger partial charge in [0.15, 0.2) is 5.78 Å². The van der Waals surface area contributed by atoms with Gasteiger partial charge in [0.1, 0.15) is 5.75 Å².